The summed E-state index contributed by atoms with van der Waals surface area (Å²) in [5, 5.41) is 10.2. The third-order valence-electron chi connectivity index (χ3n) is 1.29. The van der Waals surface area contributed by atoms with Crippen molar-refractivity contribution < 1.29 is 29.4 Å². The van der Waals surface area contributed by atoms with Gasteiger partial charge in [-0.1, -0.05) is 29.8 Å². The molecule has 2 nitrogen and oxygen atoms in total. The second kappa shape index (κ2) is 4.25. The number of rotatable bonds is 1. The van der Waals surface area contributed by atoms with E-state index in [9.17, 15) is 9.90 Å². The van der Waals surface area contributed by atoms with Crippen LogP contribution >= 0.6 is 0 Å². The molecule has 0 unspecified atom stereocenters. The van der Waals surface area contributed by atoms with E-state index in [1.165, 1.54) is 12.1 Å². The van der Waals surface area contributed by atoms with E-state index < -0.39 is 5.97 Å². The quantitative estimate of drug-likeness (QED) is 0.614. The van der Waals surface area contributed by atoms with Crippen molar-refractivity contribution >= 4 is 5.97 Å². The van der Waals surface area contributed by atoms with Gasteiger partial charge in [-0.2, -0.15) is 0 Å². The number of aryl methyl sites for hydroxylation is 1. The zero-order valence-electron chi connectivity index (χ0n) is 6.33. The Kier molecular flexibility index (Phi) is 3.98. The van der Waals surface area contributed by atoms with Gasteiger partial charge < -0.3 is 9.90 Å². The molecule has 0 saturated carbocycles. The minimum atomic E-state index is -1.12. The Labute approximate surface area is 78.0 Å². The Morgan fingerprint density at radius 1 is 1.27 bits per heavy atom. The molecule has 0 saturated heterocycles. The maximum atomic E-state index is 10.2. The standard InChI is InChI=1S/C8H8O2.Zn/c1-6-2-4-7(5-3-6)8(9)10;/h2-5H,1H3,(H,9,10);/q;+2/p-1. The Balaban J connectivity index is 0.000001000. The van der Waals surface area contributed by atoms with Crippen LogP contribution in [0.5, 0.6) is 0 Å². The van der Waals surface area contributed by atoms with Crippen LogP contribution in [0.4, 0.5) is 0 Å². The molecule has 1 aromatic carbocycles. The number of hydrogen-bond acceptors (Lipinski definition) is 2. The maximum absolute atomic E-state index is 10.2. The Bertz CT molecular complexity index is 241. The number of carbonyl (C=O) groups excluding carboxylic acids is 1. The summed E-state index contributed by atoms with van der Waals surface area (Å²) in [6.07, 6.45) is 0. The molecular weight excluding hydrogens is 193 g/mol. The molecule has 52 valence electrons. The Morgan fingerprint density at radius 2 is 1.73 bits per heavy atom. The van der Waals surface area contributed by atoms with Crippen molar-refractivity contribution in [3.05, 3.63) is 35.4 Å². The van der Waals surface area contributed by atoms with Crippen LogP contribution in [0, 0.1) is 6.92 Å². The zero-order valence-corrected chi connectivity index (χ0v) is 9.30. The summed E-state index contributed by atoms with van der Waals surface area (Å²) in [5.41, 5.74) is 1.27. The van der Waals surface area contributed by atoms with Crippen molar-refractivity contribution in [1.82, 2.24) is 0 Å². The van der Waals surface area contributed by atoms with Gasteiger partial charge in [0.15, 0.2) is 0 Å². The topological polar surface area (TPSA) is 40.1 Å². The second-order valence-corrected chi connectivity index (χ2v) is 2.15. The molecule has 0 aliphatic heterocycles. The first-order chi connectivity index (χ1) is 4.70. The summed E-state index contributed by atoms with van der Waals surface area (Å²) in [7, 11) is 0. The predicted octanol–water partition coefficient (Wildman–Crippen LogP) is 0.356. The van der Waals surface area contributed by atoms with Gasteiger partial charge in [0.2, 0.25) is 0 Å². The first kappa shape index (κ1) is 10.3. The molecule has 0 fully saturated rings. The van der Waals surface area contributed by atoms with Crippen LogP contribution in [0.3, 0.4) is 0 Å². The molecule has 0 bridgehead atoms. The van der Waals surface area contributed by atoms with Crippen LogP contribution in [-0.4, -0.2) is 5.97 Å². The molecule has 0 aromatic heterocycles. The van der Waals surface area contributed by atoms with Crippen LogP contribution in [-0.2, 0) is 19.5 Å². The summed E-state index contributed by atoms with van der Waals surface area (Å²) in [4.78, 5) is 10.2. The van der Waals surface area contributed by atoms with E-state index in [0.717, 1.165) is 5.56 Å². The molecular formula is C8H7O2Zn+. The monoisotopic (exact) mass is 199 g/mol. The van der Waals surface area contributed by atoms with Gasteiger partial charge in [0.05, 0.1) is 5.97 Å². The minimum absolute atomic E-state index is 0. The van der Waals surface area contributed by atoms with E-state index in [1.807, 2.05) is 6.92 Å². The molecule has 0 amide bonds. The molecule has 0 radical (unpaired) electrons. The van der Waals surface area contributed by atoms with Gasteiger partial charge in [-0.05, 0) is 12.5 Å². The van der Waals surface area contributed by atoms with Crippen LogP contribution in [0.25, 0.3) is 0 Å². The van der Waals surface area contributed by atoms with E-state index in [1.54, 1.807) is 12.1 Å². The predicted molar refractivity (Wildman–Crippen MR) is 35.5 cm³/mol. The Morgan fingerprint density at radius 3 is 2.09 bits per heavy atom. The molecule has 3 heteroatoms. The van der Waals surface area contributed by atoms with Gasteiger partial charge >= 0.3 is 19.5 Å². The number of benzene rings is 1. The fraction of sp³-hybridized carbons (Fsp3) is 0.125. The molecule has 0 aliphatic carbocycles. The van der Waals surface area contributed by atoms with Crippen molar-refractivity contribution in [1.29, 1.82) is 0 Å². The van der Waals surface area contributed by atoms with E-state index in [-0.39, 0.29) is 25.0 Å². The summed E-state index contributed by atoms with van der Waals surface area (Å²) < 4.78 is 0. The summed E-state index contributed by atoms with van der Waals surface area (Å²) >= 11 is 0. The zero-order chi connectivity index (χ0) is 7.56. The van der Waals surface area contributed by atoms with Crippen LogP contribution in [0.1, 0.15) is 15.9 Å². The van der Waals surface area contributed by atoms with Crippen molar-refractivity contribution in [3.63, 3.8) is 0 Å². The number of carboxylic acids is 1. The average Bonchev–Trinajstić information content (AvgIpc) is 1.88. The molecule has 1 aromatic rings. The van der Waals surface area contributed by atoms with Gasteiger partial charge in [0.25, 0.3) is 0 Å². The smallest absolute Gasteiger partial charge is 0.545 e. The van der Waals surface area contributed by atoms with Gasteiger partial charge in [-0.25, -0.2) is 0 Å². The molecule has 0 atom stereocenters. The van der Waals surface area contributed by atoms with E-state index in [4.69, 9.17) is 0 Å². The molecule has 0 heterocycles. The molecule has 1 rings (SSSR count). The van der Waals surface area contributed by atoms with Crippen molar-refractivity contribution in [2.45, 2.75) is 6.92 Å². The SMILES string of the molecule is Cc1ccc(C(=O)[O-])cc1.[Zn+2]. The number of carboxylic acid groups (broad SMARTS) is 1. The average molecular weight is 201 g/mol. The normalized spacial score (nSPS) is 8.45. The van der Waals surface area contributed by atoms with Crippen LogP contribution in [0.15, 0.2) is 24.3 Å². The van der Waals surface area contributed by atoms with Crippen molar-refractivity contribution in [2.24, 2.45) is 0 Å². The minimum Gasteiger partial charge on any atom is -0.545 e. The molecule has 0 aliphatic rings. The van der Waals surface area contributed by atoms with Crippen LogP contribution < -0.4 is 5.11 Å². The Hall–Kier alpha value is -0.687. The van der Waals surface area contributed by atoms with Crippen LogP contribution in [0.2, 0.25) is 0 Å². The molecule has 11 heavy (non-hydrogen) atoms. The molecule has 0 N–H and O–H groups in total. The fourth-order valence-electron chi connectivity index (χ4n) is 0.690. The first-order valence-corrected chi connectivity index (χ1v) is 2.98. The summed E-state index contributed by atoms with van der Waals surface area (Å²) in [6, 6.07) is 6.55. The van der Waals surface area contributed by atoms with Gasteiger partial charge in [-0.3, -0.25) is 0 Å². The van der Waals surface area contributed by atoms with Crippen molar-refractivity contribution in [2.75, 3.05) is 0 Å². The van der Waals surface area contributed by atoms with E-state index >= 15 is 0 Å². The molecule has 0 spiro atoms. The van der Waals surface area contributed by atoms with E-state index in [2.05, 4.69) is 0 Å². The number of carbonyl (C=O) groups is 1. The van der Waals surface area contributed by atoms with Gasteiger partial charge in [0.1, 0.15) is 0 Å². The number of aromatic carboxylic acids is 1. The van der Waals surface area contributed by atoms with E-state index in [0.29, 0.717) is 0 Å². The first-order valence-electron chi connectivity index (χ1n) is 2.98. The summed E-state index contributed by atoms with van der Waals surface area (Å²) in [5.74, 6) is -1.12. The maximum Gasteiger partial charge on any atom is 2.00 e. The third-order valence-corrected chi connectivity index (χ3v) is 1.29. The number of hydrogen-bond donors (Lipinski definition) is 0. The van der Waals surface area contributed by atoms with Crippen molar-refractivity contribution in [3.8, 4) is 0 Å². The third kappa shape index (κ3) is 2.81. The van der Waals surface area contributed by atoms with Gasteiger partial charge in [0, 0.05) is 0 Å². The largest absolute Gasteiger partial charge is 2.00 e. The van der Waals surface area contributed by atoms with Gasteiger partial charge in [-0.15, -0.1) is 0 Å². The second-order valence-electron chi connectivity index (χ2n) is 2.15. The fourth-order valence-corrected chi connectivity index (χ4v) is 0.690. The summed E-state index contributed by atoms with van der Waals surface area (Å²) in [6.45, 7) is 1.90.